The molecule has 0 spiro atoms. The topological polar surface area (TPSA) is 75.9 Å². The molecule has 2 amide bonds. The predicted octanol–water partition coefficient (Wildman–Crippen LogP) is -0.179. The standard InChI is InChI=1S/C14H25N3O3/c1-11(4-5-15)13(18)16-6-8-17(9-7-16)14(19)12-3-2-10-20-12/h11-12H,2-10,15H2,1H3. The number of carbonyl (C=O) groups excluding carboxylic acids is 2. The van der Waals surface area contributed by atoms with Crippen molar-refractivity contribution in [1.82, 2.24) is 9.80 Å². The summed E-state index contributed by atoms with van der Waals surface area (Å²) in [5.41, 5.74) is 5.49. The molecular weight excluding hydrogens is 258 g/mol. The van der Waals surface area contributed by atoms with Gasteiger partial charge < -0.3 is 20.3 Å². The van der Waals surface area contributed by atoms with E-state index in [1.807, 2.05) is 16.7 Å². The summed E-state index contributed by atoms with van der Waals surface area (Å²) < 4.78 is 5.43. The smallest absolute Gasteiger partial charge is 0.251 e. The van der Waals surface area contributed by atoms with E-state index < -0.39 is 0 Å². The van der Waals surface area contributed by atoms with E-state index in [-0.39, 0.29) is 23.8 Å². The van der Waals surface area contributed by atoms with Crippen LogP contribution in [0.15, 0.2) is 0 Å². The lowest BCUT2D eigenvalue weighted by Gasteiger charge is -2.36. The van der Waals surface area contributed by atoms with Gasteiger partial charge in [0.05, 0.1) is 0 Å². The Morgan fingerprint density at radius 2 is 1.90 bits per heavy atom. The molecule has 0 aliphatic carbocycles. The third kappa shape index (κ3) is 3.49. The first-order valence-electron chi connectivity index (χ1n) is 7.52. The van der Waals surface area contributed by atoms with Crippen LogP contribution in [0, 0.1) is 5.92 Å². The Hall–Kier alpha value is -1.14. The Kier molecular flexibility index (Phi) is 5.37. The number of ether oxygens (including phenoxy) is 1. The fraction of sp³-hybridized carbons (Fsp3) is 0.857. The maximum Gasteiger partial charge on any atom is 0.251 e. The lowest BCUT2D eigenvalue weighted by molar-refractivity contribution is -0.147. The molecule has 20 heavy (non-hydrogen) atoms. The number of carbonyl (C=O) groups is 2. The van der Waals surface area contributed by atoms with Crippen LogP contribution in [0.2, 0.25) is 0 Å². The van der Waals surface area contributed by atoms with Crippen LogP contribution in [0.1, 0.15) is 26.2 Å². The first-order chi connectivity index (χ1) is 9.63. The highest BCUT2D eigenvalue weighted by atomic mass is 16.5. The quantitative estimate of drug-likeness (QED) is 0.776. The molecule has 2 saturated heterocycles. The van der Waals surface area contributed by atoms with E-state index in [1.165, 1.54) is 0 Å². The van der Waals surface area contributed by atoms with Crippen LogP contribution in [-0.4, -0.2) is 67.0 Å². The van der Waals surface area contributed by atoms with Gasteiger partial charge in [-0.25, -0.2) is 0 Å². The zero-order chi connectivity index (χ0) is 14.5. The summed E-state index contributed by atoms with van der Waals surface area (Å²) >= 11 is 0. The van der Waals surface area contributed by atoms with E-state index in [4.69, 9.17) is 10.5 Å². The number of rotatable bonds is 4. The van der Waals surface area contributed by atoms with Crippen LogP contribution < -0.4 is 5.73 Å². The molecule has 0 aromatic heterocycles. The Morgan fingerprint density at radius 3 is 2.45 bits per heavy atom. The van der Waals surface area contributed by atoms with Crippen molar-refractivity contribution in [3.8, 4) is 0 Å². The molecule has 114 valence electrons. The van der Waals surface area contributed by atoms with E-state index in [9.17, 15) is 9.59 Å². The summed E-state index contributed by atoms with van der Waals surface area (Å²) in [5, 5.41) is 0. The molecule has 2 fully saturated rings. The second-order valence-corrected chi connectivity index (χ2v) is 5.63. The van der Waals surface area contributed by atoms with Gasteiger partial charge in [0, 0.05) is 38.7 Å². The SMILES string of the molecule is CC(CCN)C(=O)N1CCN(C(=O)C2CCCO2)CC1. The number of piperazine rings is 1. The van der Waals surface area contributed by atoms with Gasteiger partial charge in [0.25, 0.3) is 5.91 Å². The van der Waals surface area contributed by atoms with Gasteiger partial charge in [-0.2, -0.15) is 0 Å². The monoisotopic (exact) mass is 283 g/mol. The number of nitrogens with two attached hydrogens (primary N) is 1. The van der Waals surface area contributed by atoms with Gasteiger partial charge in [0.2, 0.25) is 5.91 Å². The van der Waals surface area contributed by atoms with E-state index >= 15 is 0 Å². The molecule has 0 radical (unpaired) electrons. The average Bonchev–Trinajstić information content (AvgIpc) is 3.00. The van der Waals surface area contributed by atoms with Crippen LogP contribution in [0.4, 0.5) is 0 Å². The molecule has 2 atom stereocenters. The highest BCUT2D eigenvalue weighted by Crippen LogP contribution is 2.17. The van der Waals surface area contributed by atoms with Crippen LogP contribution in [0.5, 0.6) is 0 Å². The predicted molar refractivity (Wildman–Crippen MR) is 75.0 cm³/mol. The molecule has 6 heteroatoms. The second-order valence-electron chi connectivity index (χ2n) is 5.63. The van der Waals surface area contributed by atoms with Crippen LogP contribution in [-0.2, 0) is 14.3 Å². The van der Waals surface area contributed by atoms with Crippen molar-refractivity contribution in [1.29, 1.82) is 0 Å². The van der Waals surface area contributed by atoms with Crippen molar-refractivity contribution < 1.29 is 14.3 Å². The molecule has 0 aromatic carbocycles. The van der Waals surface area contributed by atoms with Gasteiger partial charge in [-0.15, -0.1) is 0 Å². The Balaban J connectivity index is 1.79. The second kappa shape index (κ2) is 7.04. The van der Waals surface area contributed by atoms with Gasteiger partial charge in [0.15, 0.2) is 0 Å². The minimum absolute atomic E-state index is 0.0274. The summed E-state index contributed by atoms with van der Waals surface area (Å²) in [4.78, 5) is 28.0. The minimum Gasteiger partial charge on any atom is -0.368 e. The zero-order valence-electron chi connectivity index (χ0n) is 12.2. The molecule has 6 nitrogen and oxygen atoms in total. The first-order valence-corrected chi connectivity index (χ1v) is 7.52. The third-order valence-corrected chi connectivity index (χ3v) is 4.13. The van der Waals surface area contributed by atoms with Crippen molar-refractivity contribution in [2.45, 2.75) is 32.3 Å². The van der Waals surface area contributed by atoms with Gasteiger partial charge >= 0.3 is 0 Å². The molecule has 2 rings (SSSR count). The molecule has 0 aromatic rings. The average molecular weight is 283 g/mol. The minimum atomic E-state index is -0.256. The summed E-state index contributed by atoms with van der Waals surface area (Å²) in [5.74, 6) is 0.213. The molecule has 0 bridgehead atoms. The number of hydrogen-bond acceptors (Lipinski definition) is 4. The summed E-state index contributed by atoms with van der Waals surface area (Å²) in [6.45, 7) is 5.59. The molecular formula is C14H25N3O3. The fourth-order valence-corrected chi connectivity index (χ4v) is 2.81. The highest BCUT2D eigenvalue weighted by Gasteiger charge is 2.31. The zero-order valence-corrected chi connectivity index (χ0v) is 12.2. The van der Waals surface area contributed by atoms with Crippen molar-refractivity contribution in [2.75, 3.05) is 39.3 Å². The summed E-state index contributed by atoms with van der Waals surface area (Å²) in [6.07, 6.45) is 2.25. The van der Waals surface area contributed by atoms with Crippen LogP contribution in [0.3, 0.4) is 0 Å². The molecule has 0 saturated carbocycles. The van der Waals surface area contributed by atoms with Crippen molar-refractivity contribution >= 4 is 11.8 Å². The molecule has 2 aliphatic heterocycles. The van der Waals surface area contributed by atoms with Gasteiger partial charge in [-0.05, 0) is 25.8 Å². The lowest BCUT2D eigenvalue weighted by Crippen LogP contribution is -2.53. The summed E-state index contributed by atoms with van der Waals surface area (Å²) in [7, 11) is 0. The third-order valence-electron chi connectivity index (χ3n) is 4.13. The maximum atomic E-state index is 12.2. The number of nitrogens with zero attached hydrogens (tertiary/aromatic N) is 2. The van der Waals surface area contributed by atoms with Gasteiger partial charge in [0.1, 0.15) is 6.10 Å². The van der Waals surface area contributed by atoms with Crippen molar-refractivity contribution in [3.05, 3.63) is 0 Å². The first kappa shape index (κ1) is 15.3. The molecule has 2 unspecified atom stereocenters. The highest BCUT2D eigenvalue weighted by molar-refractivity contribution is 5.82. The van der Waals surface area contributed by atoms with Crippen LogP contribution >= 0.6 is 0 Å². The molecule has 2 heterocycles. The Bertz CT molecular complexity index is 348. The number of hydrogen-bond donors (Lipinski definition) is 1. The van der Waals surface area contributed by atoms with E-state index in [0.717, 1.165) is 12.8 Å². The maximum absolute atomic E-state index is 12.2. The van der Waals surface area contributed by atoms with E-state index in [2.05, 4.69) is 0 Å². The number of amides is 2. The van der Waals surface area contributed by atoms with E-state index in [0.29, 0.717) is 45.8 Å². The normalized spacial score (nSPS) is 24.8. The van der Waals surface area contributed by atoms with Gasteiger partial charge in [-0.1, -0.05) is 6.92 Å². The largest absolute Gasteiger partial charge is 0.368 e. The fourth-order valence-electron chi connectivity index (χ4n) is 2.81. The van der Waals surface area contributed by atoms with Gasteiger partial charge in [-0.3, -0.25) is 9.59 Å². The van der Waals surface area contributed by atoms with Crippen molar-refractivity contribution in [2.24, 2.45) is 11.7 Å². The van der Waals surface area contributed by atoms with Crippen molar-refractivity contribution in [3.63, 3.8) is 0 Å². The summed E-state index contributed by atoms with van der Waals surface area (Å²) in [6, 6.07) is 0. The van der Waals surface area contributed by atoms with E-state index in [1.54, 1.807) is 0 Å². The lowest BCUT2D eigenvalue weighted by atomic mass is 10.1. The molecule has 2 N–H and O–H groups in total. The Labute approximate surface area is 120 Å². The Morgan fingerprint density at radius 1 is 1.25 bits per heavy atom. The molecule has 2 aliphatic rings. The van der Waals surface area contributed by atoms with Crippen LogP contribution in [0.25, 0.3) is 0 Å².